The van der Waals surface area contributed by atoms with Crippen molar-refractivity contribution in [1.29, 1.82) is 0 Å². The number of para-hydroxylation sites is 4. The smallest absolute Gasteiger partial charge is 0.240 e. The Morgan fingerprint density at radius 3 is 1.39 bits per heavy atom. The lowest BCUT2D eigenvalue weighted by Crippen LogP contribution is -2.14. The van der Waals surface area contributed by atoms with Crippen LogP contribution in [0.1, 0.15) is 46.9 Å². The molecule has 11 aromatic rings. The normalized spacial score (nSPS) is 16.8. The van der Waals surface area contributed by atoms with E-state index in [2.05, 4.69) is 56.3 Å². The van der Waals surface area contributed by atoms with Crippen LogP contribution in [-0.4, -0.2) is 24.1 Å². The summed E-state index contributed by atoms with van der Waals surface area (Å²) in [7, 11) is 0. The molecule has 278 valence electrons. The highest BCUT2D eigenvalue weighted by molar-refractivity contribution is 6.10. The lowest BCUT2D eigenvalue weighted by molar-refractivity contribution is 0.660. The lowest BCUT2D eigenvalue weighted by atomic mass is 9.81. The first-order valence-corrected chi connectivity index (χ1v) is 18.9. The van der Waals surface area contributed by atoms with Gasteiger partial charge in [0.1, 0.15) is 0 Å². The SMILES string of the molecule is [2H]c1c([2H])c([2H])c2c(c1[2H])c1c([2H])c([2H])c([2H])c([2H])c1n2-c1nc(-c2cccc(-c3ccc(-c4ccc5c(c4)C(C)(C)c4ccccc4-5)cc3)c2)nc(-n2c3c([2H])c([2H])c([2H])c([2H])c3c3c([2H])c([2H])c([2H])c([2H])c32)n1. The van der Waals surface area contributed by atoms with E-state index >= 15 is 0 Å². The van der Waals surface area contributed by atoms with Gasteiger partial charge in [-0.2, -0.15) is 15.0 Å². The molecule has 0 radical (unpaired) electrons. The molecule has 0 bridgehead atoms. The average molecular weight is 772 g/mol. The van der Waals surface area contributed by atoms with Gasteiger partial charge in [-0.1, -0.05) is 165 Å². The van der Waals surface area contributed by atoms with Crippen molar-refractivity contribution in [3.05, 3.63) is 199 Å². The number of aromatic nitrogens is 5. The summed E-state index contributed by atoms with van der Waals surface area (Å²) in [6, 6.07) is 19.6. The van der Waals surface area contributed by atoms with Crippen LogP contribution >= 0.6 is 0 Å². The van der Waals surface area contributed by atoms with Crippen molar-refractivity contribution < 1.29 is 21.9 Å². The molecule has 8 aromatic carbocycles. The molecule has 12 rings (SSSR count). The van der Waals surface area contributed by atoms with Crippen molar-refractivity contribution in [3.63, 3.8) is 0 Å². The Bertz CT molecular complexity index is 4080. The summed E-state index contributed by atoms with van der Waals surface area (Å²) in [6.07, 6.45) is 0. The number of hydrogen-bond acceptors (Lipinski definition) is 3. The van der Waals surface area contributed by atoms with Gasteiger partial charge >= 0.3 is 0 Å². The van der Waals surface area contributed by atoms with E-state index < -0.39 is 109 Å². The van der Waals surface area contributed by atoms with Crippen molar-refractivity contribution in [2.75, 3.05) is 0 Å². The fraction of sp³-hybridized carbons (Fsp3) is 0.0556. The number of rotatable bonds is 5. The van der Waals surface area contributed by atoms with Gasteiger partial charge in [0, 0.05) is 32.5 Å². The summed E-state index contributed by atoms with van der Waals surface area (Å²) in [6.45, 7) is 4.46. The van der Waals surface area contributed by atoms with Crippen molar-refractivity contribution >= 4 is 43.6 Å². The third-order valence-electron chi connectivity index (χ3n) is 11.3. The first-order chi connectivity index (χ1) is 35.6. The standard InChI is InChI=1S/C54H37N5/c1-54(2)45-21-8-3-16-39(45)40-31-30-37(33-46(40)54)35-28-26-34(27-29-35)36-14-13-15-38(32-36)51-55-52(58-47-22-9-4-17-41(47)42-18-5-10-23-48(42)58)57-53(56-51)59-49-24-11-6-19-43(49)44-20-7-12-25-50(44)59/h3-33H,1-2H3/i4D,5D,6D,7D,9D,10D,11D,12D,17D,18D,19D,20D,22D,23D,24D,25D. The van der Waals surface area contributed by atoms with Crippen molar-refractivity contribution in [2.45, 2.75) is 19.3 Å². The molecule has 0 saturated heterocycles. The zero-order valence-corrected chi connectivity index (χ0v) is 31.4. The van der Waals surface area contributed by atoms with Crippen LogP contribution in [0.3, 0.4) is 0 Å². The minimum atomic E-state index is -0.694. The zero-order chi connectivity index (χ0) is 53.2. The molecule has 3 aromatic heterocycles. The predicted octanol–water partition coefficient (Wildman–Crippen LogP) is 13.4. The van der Waals surface area contributed by atoms with Gasteiger partial charge in [0.2, 0.25) is 11.9 Å². The molecule has 0 spiro atoms. The highest BCUT2D eigenvalue weighted by atomic mass is 15.3. The molecule has 59 heavy (non-hydrogen) atoms. The quantitative estimate of drug-likeness (QED) is 0.175. The molecule has 5 heteroatoms. The molecule has 0 aliphatic heterocycles. The summed E-state index contributed by atoms with van der Waals surface area (Å²) < 4.78 is 144. The van der Waals surface area contributed by atoms with Crippen LogP contribution in [0.2, 0.25) is 0 Å². The summed E-state index contributed by atoms with van der Waals surface area (Å²) in [5.74, 6) is -1.06. The molecule has 0 amide bonds. The van der Waals surface area contributed by atoms with Crippen LogP contribution in [-0.2, 0) is 5.41 Å². The van der Waals surface area contributed by atoms with Crippen molar-refractivity contribution in [3.8, 4) is 56.7 Å². The fourth-order valence-electron chi connectivity index (χ4n) is 8.50. The van der Waals surface area contributed by atoms with Gasteiger partial charge in [0.25, 0.3) is 0 Å². The Hall–Kier alpha value is -7.63. The molecule has 1 aliphatic carbocycles. The van der Waals surface area contributed by atoms with Crippen LogP contribution in [0.15, 0.2) is 188 Å². The van der Waals surface area contributed by atoms with E-state index in [-0.39, 0.29) is 54.9 Å². The van der Waals surface area contributed by atoms with E-state index in [9.17, 15) is 5.48 Å². The Labute approximate surface area is 364 Å². The third kappa shape index (κ3) is 5.08. The molecular weight excluding hydrogens is 719 g/mol. The van der Waals surface area contributed by atoms with Gasteiger partial charge in [-0.15, -0.1) is 0 Å². The van der Waals surface area contributed by atoms with Gasteiger partial charge < -0.3 is 0 Å². The van der Waals surface area contributed by atoms with Gasteiger partial charge in [0.15, 0.2) is 5.82 Å². The highest BCUT2D eigenvalue weighted by Gasteiger charge is 2.35. The van der Waals surface area contributed by atoms with E-state index in [1.807, 2.05) is 30.3 Å². The van der Waals surface area contributed by atoms with E-state index in [1.54, 1.807) is 18.2 Å². The van der Waals surface area contributed by atoms with Gasteiger partial charge in [0.05, 0.1) is 44.0 Å². The third-order valence-corrected chi connectivity index (χ3v) is 11.3. The predicted molar refractivity (Wildman–Crippen MR) is 242 cm³/mol. The second kappa shape index (κ2) is 12.7. The monoisotopic (exact) mass is 771 g/mol. The molecule has 5 nitrogen and oxygen atoms in total. The minimum absolute atomic E-state index is 0.136. The molecule has 0 fully saturated rings. The average Bonchev–Trinajstić information content (AvgIpc) is 4.05. The zero-order valence-electron chi connectivity index (χ0n) is 47.4. The molecule has 0 atom stereocenters. The summed E-state index contributed by atoms with van der Waals surface area (Å²) in [5, 5.41) is -1.03. The summed E-state index contributed by atoms with van der Waals surface area (Å²) in [4.78, 5) is 14.5. The van der Waals surface area contributed by atoms with Crippen LogP contribution in [0, 0.1) is 0 Å². The van der Waals surface area contributed by atoms with Crippen LogP contribution in [0.25, 0.3) is 100 Å². The Morgan fingerprint density at radius 1 is 0.407 bits per heavy atom. The molecule has 1 aliphatic rings. The second-order valence-corrected chi connectivity index (χ2v) is 14.9. The number of benzene rings is 8. The van der Waals surface area contributed by atoms with Gasteiger partial charge in [-0.05, 0) is 80.8 Å². The highest BCUT2D eigenvalue weighted by Crippen LogP contribution is 2.49. The maximum Gasteiger partial charge on any atom is 0.240 e. The molecule has 0 saturated carbocycles. The van der Waals surface area contributed by atoms with Crippen LogP contribution in [0.4, 0.5) is 0 Å². The topological polar surface area (TPSA) is 48.5 Å². The molecular formula is C54H37N5. The maximum atomic E-state index is 9.21. The molecule has 3 heterocycles. The number of nitrogens with zero attached hydrogens (tertiary/aromatic N) is 5. The molecule has 0 unspecified atom stereocenters. The number of hydrogen-bond donors (Lipinski definition) is 0. The van der Waals surface area contributed by atoms with Crippen LogP contribution in [0.5, 0.6) is 0 Å². The van der Waals surface area contributed by atoms with Gasteiger partial charge in [-0.25, -0.2) is 0 Å². The lowest BCUT2D eigenvalue weighted by Gasteiger charge is -2.22. The van der Waals surface area contributed by atoms with Crippen molar-refractivity contribution in [2.24, 2.45) is 0 Å². The van der Waals surface area contributed by atoms with E-state index in [1.165, 1.54) is 22.3 Å². The molecule has 0 N–H and O–H groups in total. The summed E-state index contributed by atoms with van der Waals surface area (Å²) >= 11 is 0. The second-order valence-electron chi connectivity index (χ2n) is 14.9. The fourth-order valence-corrected chi connectivity index (χ4v) is 8.50. The summed E-state index contributed by atoms with van der Waals surface area (Å²) in [5.41, 5.74) is 7.34. The van der Waals surface area contributed by atoms with Crippen molar-refractivity contribution in [1.82, 2.24) is 24.1 Å². The van der Waals surface area contributed by atoms with Gasteiger partial charge in [-0.3, -0.25) is 9.13 Å². The van der Waals surface area contributed by atoms with E-state index in [4.69, 9.17) is 31.4 Å². The first-order valence-electron chi connectivity index (χ1n) is 26.9. The Kier molecular flexibility index (Phi) is 4.56. The van der Waals surface area contributed by atoms with Crippen LogP contribution < -0.4 is 0 Å². The first kappa shape index (κ1) is 21.2. The van der Waals surface area contributed by atoms with E-state index in [0.29, 0.717) is 11.1 Å². The Balaban J connectivity index is 1.12. The Morgan fingerprint density at radius 2 is 0.847 bits per heavy atom. The largest absolute Gasteiger partial charge is 0.278 e. The van der Waals surface area contributed by atoms with E-state index in [0.717, 1.165) is 25.8 Å². The number of fused-ring (bicyclic) bond motifs is 9. The maximum absolute atomic E-state index is 9.21. The minimum Gasteiger partial charge on any atom is -0.278 e.